The fourth-order valence-electron chi connectivity index (χ4n) is 4.24. The van der Waals surface area contributed by atoms with Crippen LogP contribution < -0.4 is 24.5 Å². The van der Waals surface area contributed by atoms with Crippen LogP contribution in [0.25, 0.3) is 22.3 Å². The number of para-hydroxylation sites is 1. The Morgan fingerprint density at radius 2 is 1.77 bits per heavy atom. The number of hydrogen-bond acceptors (Lipinski definition) is 7. The number of benzene rings is 4. The minimum absolute atomic E-state index is 0.220. The lowest BCUT2D eigenvalue weighted by molar-refractivity contribution is 0.174. The van der Waals surface area contributed by atoms with Gasteiger partial charge >= 0.3 is 0 Å². The van der Waals surface area contributed by atoms with Gasteiger partial charge in [0.25, 0.3) is 5.56 Å². The molecule has 1 aliphatic rings. The van der Waals surface area contributed by atoms with Crippen LogP contribution in [-0.4, -0.2) is 29.8 Å². The van der Waals surface area contributed by atoms with Crippen molar-refractivity contribution in [3.8, 4) is 34.4 Å². The number of halogens is 1. The highest BCUT2D eigenvalue weighted by Crippen LogP contribution is 2.35. The average molecular weight is 584 g/mol. The number of methoxy groups -OCH3 is 1. The van der Waals surface area contributed by atoms with Crippen LogP contribution in [0.2, 0.25) is 0 Å². The molecular weight excluding hydrogens is 562 g/mol. The third-order valence-corrected chi connectivity index (χ3v) is 6.90. The fraction of sp³-hybridized carbons (Fsp3) is 0.100. The third-order valence-electron chi connectivity index (χ3n) is 6.21. The van der Waals surface area contributed by atoms with Gasteiger partial charge in [-0.1, -0.05) is 48.5 Å². The monoisotopic (exact) mass is 583 g/mol. The number of fused-ring (bicyclic) bond motifs is 2. The number of nitrogens with zero attached hydrogens (tertiary/aromatic N) is 3. The van der Waals surface area contributed by atoms with Crippen molar-refractivity contribution in [2.75, 3.05) is 13.9 Å². The Morgan fingerprint density at radius 1 is 0.974 bits per heavy atom. The lowest BCUT2D eigenvalue weighted by atomic mass is 10.2. The third kappa shape index (κ3) is 4.96. The van der Waals surface area contributed by atoms with E-state index in [-0.39, 0.29) is 12.4 Å². The van der Waals surface area contributed by atoms with Crippen molar-refractivity contribution in [3.05, 3.63) is 111 Å². The predicted octanol–water partition coefficient (Wildman–Crippen LogP) is 6.02. The molecule has 0 fully saturated rings. The van der Waals surface area contributed by atoms with E-state index in [4.69, 9.17) is 23.9 Å². The second-order valence-corrected chi connectivity index (χ2v) is 9.54. The van der Waals surface area contributed by atoms with E-state index in [0.717, 1.165) is 21.3 Å². The van der Waals surface area contributed by atoms with Crippen molar-refractivity contribution in [3.63, 3.8) is 0 Å². The van der Waals surface area contributed by atoms with Gasteiger partial charge in [0.1, 0.15) is 6.61 Å². The zero-order chi connectivity index (χ0) is 26.8. The summed E-state index contributed by atoms with van der Waals surface area (Å²) in [7, 11) is 1.57. The molecule has 9 heteroatoms. The van der Waals surface area contributed by atoms with Crippen LogP contribution in [0.1, 0.15) is 11.1 Å². The van der Waals surface area contributed by atoms with E-state index >= 15 is 0 Å². The number of hydrogen-bond donors (Lipinski definition) is 0. The average Bonchev–Trinajstić information content (AvgIpc) is 3.45. The topological polar surface area (TPSA) is 84.2 Å². The molecule has 0 saturated heterocycles. The van der Waals surface area contributed by atoms with E-state index in [1.165, 1.54) is 4.68 Å². The maximum absolute atomic E-state index is 13.4. The Labute approximate surface area is 232 Å². The largest absolute Gasteiger partial charge is 0.493 e. The zero-order valence-corrected chi connectivity index (χ0v) is 22.4. The lowest BCUT2D eigenvalue weighted by Crippen LogP contribution is -2.20. The maximum Gasteiger partial charge on any atom is 0.282 e. The van der Waals surface area contributed by atoms with Gasteiger partial charge in [0, 0.05) is 15.6 Å². The summed E-state index contributed by atoms with van der Waals surface area (Å²) in [5.41, 5.74) is 2.75. The van der Waals surface area contributed by atoms with Crippen molar-refractivity contribution in [1.82, 2.24) is 9.66 Å². The molecule has 0 spiro atoms. The van der Waals surface area contributed by atoms with Gasteiger partial charge in [-0.2, -0.15) is 9.78 Å². The summed E-state index contributed by atoms with van der Waals surface area (Å²) in [6, 6.07) is 26.0. The first-order chi connectivity index (χ1) is 19.1. The van der Waals surface area contributed by atoms with E-state index in [1.54, 1.807) is 25.5 Å². The van der Waals surface area contributed by atoms with Gasteiger partial charge in [0.05, 0.1) is 24.2 Å². The molecule has 1 aliphatic heterocycles. The smallest absolute Gasteiger partial charge is 0.282 e. The minimum atomic E-state index is -0.262. The Kier molecular flexibility index (Phi) is 6.73. The van der Waals surface area contributed by atoms with Gasteiger partial charge in [-0.25, -0.2) is 4.98 Å². The van der Waals surface area contributed by atoms with E-state index < -0.39 is 0 Å². The normalized spacial score (nSPS) is 12.3. The van der Waals surface area contributed by atoms with Gasteiger partial charge < -0.3 is 18.9 Å². The van der Waals surface area contributed by atoms with E-state index in [2.05, 4.69) is 21.0 Å². The highest BCUT2D eigenvalue weighted by Gasteiger charge is 2.16. The van der Waals surface area contributed by atoms with Crippen LogP contribution in [0.4, 0.5) is 0 Å². The van der Waals surface area contributed by atoms with Gasteiger partial charge in [-0.05, 0) is 57.9 Å². The molecule has 0 bridgehead atoms. The highest BCUT2D eigenvalue weighted by molar-refractivity contribution is 9.10. The summed E-state index contributed by atoms with van der Waals surface area (Å²) < 4.78 is 24.5. The van der Waals surface area contributed by atoms with E-state index in [9.17, 15) is 4.79 Å². The van der Waals surface area contributed by atoms with Crippen molar-refractivity contribution in [2.24, 2.45) is 5.10 Å². The van der Waals surface area contributed by atoms with Crippen LogP contribution in [-0.2, 0) is 6.61 Å². The van der Waals surface area contributed by atoms with E-state index in [0.29, 0.717) is 46.1 Å². The summed E-state index contributed by atoms with van der Waals surface area (Å²) >= 11 is 3.61. The van der Waals surface area contributed by atoms with Crippen molar-refractivity contribution < 1.29 is 18.9 Å². The quantitative estimate of drug-likeness (QED) is 0.218. The van der Waals surface area contributed by atoms with Crippen LogP contribution in [0.3, 0.4) is 0 Å². The first kappa shape index (κ1) is 24.7. The first-order valence-electron chi connectivity index (χ1n) is 12.1. The fourth-order valence-corrected chi connectivity index (χ4v) is 4.66. The highest BCUT2D eigenvalue weighted by atomic mass is 79.9. The summed E-state index contributed by atoms with van der Waals surface area (Å²) in [5, 5.41) is 5.04. The molecule has 0 N–H and O–H groups in total. The molecule has 8 nitrogen and oxygen atoms in total. The molecule has 0 unspecified atom stereocenters. The maximum atomic E-state index is 13.4. The van der Waals surface area contributed by atoms with Gasteiger partial charge in [0.15, 0.2) is 28.8 Å². The molecule has 2 heterocycles. The summed E-state index contributed by atoms with van der Waals surface area (Å²) in [4.78, 5) is 18.2. The molecule has 4 aromatic carbocycles. The Morgan fingerprint density at radius 3 is 2.62 bits per heavy atom. The summed E-state index contributed by atoms with van der Waals surface area (Å²) in [6.45, 7) is 0.531. The molecule has 39 heavy (non-hydrogen) atoms. The molecule has 0 amide bonds. The predicted molar refractivity (Wildman–Crippen MR) is 152 cm³/mol. The number of aromatic nitrogens is 2. The first-order valence-corrected chi connectivity index (χ1v) is 12.9. The zero-order valence-electron chi connectivity index (χ0n) is 20.8. The second kappa shape index (κ2) is 10.6. The molecular formula is C30H22BrN3O5. The number of rotatable bonds is 7. The lowest BCUT2D eigenvalue weighted by Gasteiger charge is -2.13. The van der Waals surface area contributed by atoms with Crippen molar-refractivity contribution in [2.45, 2.75) is 6.61 Å². The second-order valence-electron chi connectivity index (χ2n) is 8.68. The van der Waals surface area contributed by atoms with Gasteiger partial charge in [-0.15, -0.1) is 0 Å². The Balaban J connectivity index is 1.33. The van der Waals surface area contributed by atoms with Crippen LogP contribution in [0.5, 0.6) is 23.0 Å². The Bertz CT molecular complexity index is 1770. The van der Waals surface area contributed by atoms with Crippen molar-refractivity contribution >= 4 is 33.0 Å². The molecule has 194 valence electrons. The molecule has 6 rings (SSSR count). The van der Waals surface area contributed by atoms with Crippen LogP contribution in [0.15, 0.2) is 99.3 Å². The molecule has 0 saturated carbocycles. The van der Waals surface area contributed by atoms with Crippen molar-refractivity contribution in [1.29, 1.82) is 0 Å². The van der Waals surface area contributed by atoms with Crippen LogP contribution >= 0.6 is 15.9 Å². The summed E-state index contributed by atoms with van der Waals surface area (Å²) in [5.74, 6) is 2.94. The molecule has 0 atom stereocenters. The SMILES string of the molecule is COc1cc(C=Nn2c(-c3ccccc3)nc3ccccc3c2=O)c(Br)cc1OCc1ccc2c(c1)OCO2. The molecule has 5 aromatic rings. The van der Waals surface area contributed by atoms with Gasteiger partial charge in [-0.3, -0.25) is 4.79 Å². The van der Waals surface area contributed by atoms with E-state index in [1.807, 2.05) is 72.8 Å². The number of ether oxygens (including phenoxy) is 4. The molecule has 1 aromatic heterocycles. The minimum Gasteiger partial charge on any atom is -0.493 e. The van der Waals surface area contributed by atoms with Gasteiger partial charge in [0.2, 0.25) is 6.79 Å². The Hall–Kier alpha value is -4.63. The summed E-state index contributed by atoms with van der Waals surface area (Å²) in [6.07, 6.45) is 1.60. The molecule has 0 radical (unpaired) electrons. The molecule has 0 aliphatic carbocycles. The van der Waals surface area contributed by atoms with Crippen LogP contribution in [0, 0.1) is 0 Å². The standard InChI is InChI=1S/C30H22BrN3O5/c1-36-26-14-21(23(31)15-28(26)37-17-19-11-12-25-27(13-19)39-18-38-25)16-32-34-29(20-7-3-2-4-8-20)33-24-10-6-5-9-22(24)30(34)35/h2-16H,17-18H2,1H3.